The van der Waals surface area contributed by atoms with Crippen molar-refractivity contribution in [2.75, 3.05) is 25.4 Å². The number of fused-ring (bicyclic) bond motifs is 1. The van der Waals surface area contributed by atoms with Crippen LogP contribution in [0.3, 0.4) is 0 Å². The molecule has 0 radical (unpaired) electrons. The van der Waals surface area contributed by atoms with E-state index < -0.39 is 0 Å². The van der Waals surface area contributed by atoms with Crippen molar-refractivity contribution < 1.29 is 0 Å². The Balaban J connectivity index is 1.87. The molecule has 1 aromatic rings. The Morgan fingerprint density at radius 3 is 3.00 bits per heavy atom. The Labute approximate surface area is 121 Å². The molecular formula is C16H24N2S. The third-order valence-corrected chi connectivity index (χ3v) is 5.52. The molecule has 0 bridgehead atoms. The average Bonchev–Trinajstić information content (AvgIpc) is 2.59. The van der Waals surface area contributed by atoms with Gasteiger partial charge in [0.2, 0.25) is 0 Å². The molecule has 3 heteroatoms. The Kier molecular flexibility index (Phi) is 3.88. The van der Waals surface area contributed by atoms with Crippen LogP contribution in [-0.4, -0.2) is 35.0 Å². The molecule has 1 aromatic carbocycles. The van der Waals surface area contributed by atoms with Crippen LogP contribution >= 0.6 is 11.8 Å². The van der Waals surface area contributed by atoms with Crippen LogP contribution in [0, 0.1) is 0 Å². The standard InChI is InChI=1S/C16H24N2S/c1-16(2)12-18(9-10-19-16)15-7-8-17-11-13-5-3-4-6-14(13)15/h3-6,15,17H,7-12H2,1-2H3. The molecule has 0 aliphatic carbocycles. The predicted octanol–water partition coefficient (Wildman–Crippen LogP) is 3.05. The third kappa shape index (κ3) is 2.99. The second-order valence-electron chi connectivity index (χ2n) is 6.26. The lowest BCUT2D eigenvalue weighted by atomic mass is 9.97. The molecule has 19 heavy (non-hydrogen) atoms. The van der Waals surface area contributed by atoms with Crippen LogP contribution in [0.25, 0.3) is 0 Å². The molecule has 1 atom stereocenters. The summed E-state index contributed by atoms with van der Waals surface area (Å²) in [5.41, 5.74) is 3.04. The minimum Gasteiger partial charge on any atom is -0.313 e. The smallest absolute Gasteiger partial charge is 0.0364 e. The summed E-state index contributed by atoms with van der Waals surface area (Å²) in [5.74, 6) is 1.26. The predicted molar refractivity (Wildman–Crippen MR) is 83.6 cm³/mol. The summed E-state index contributed by atoms with van der Waals surface area (Å²) in [4.78, 5) is 2.71. The number of nitrogens with zero attached hydrogens (tertiary/aromatic N) is 1. The number of thioether (sulfide) groups is 1. The van der Waals surface area contributed by atoms with E-state index in [4.69, 9.17) is 0 Å². The fourth-order valence-corrected chi connectivity index (χ4v) is 4.47. The van der Waals surface area contributed by atoms with E-state index in [1.807, 2.05) is 0 Å². The van der Waals surface area contributed by atoms with Crippen molar-refractivity contribution in [2.45, 2.75) is 37.6 Å². The van der Waals surface area contributed by atoms with Gasteiger partial charge in [0.15, 0.2) is 0 Å². The van der Waals surface area contributed by atoms with Crippen LogP contribution in [0.5, 0.6) is 0 Å². The van der Waals surface area contributed by atoms with E-state index in [-0.39, 0.29) is 0 Å². The highest BCUT2D eigenvalue weighted by Gasteiger charge is 2.32. The van der Waals surface area contributed by atoms with Crippen LogP contribution in [0.15, 0.2) is 24.3 Å². The highest BCUT2D eigenvalue weighted by atomic mass is 32.2. The fourth-order valence-electron chi connectivity index (χ4n) is 3.34. The summed E-state index contributed by atoms with van der Waals surface area (Å²) in [6.07, 6.45) is 1.23. The van der Waals surface area contributed by atoms with Gasteiger partial charge in [0.05, 0.1) is 0 Å². The van der Waals surface area contributed by atoms with Crippen molar-refractivity contribution in [3.63, 3.8) is 0 Å². The van der Waals surface area contributed by atoms with E-state index in [0.717, 1.165) is 13.1 Å². The van der Waals surface area contributed by atoms with Crippen molar-refractivity contribution in [1.29, 1.82) is 0 Å². The van der Waals surface area contributed by atoms with Gasteiger partial charge in [0.1, 0.15) is 0 Å². The second-order valence-corrected chi connectivity index (χ2v) is 8.06. The molecule has 2 nitrogen and oxygen atoms in total. The van der Waals surface area contributed by atoms with Crippen molar-refractivity contribution >= 4 is 11.8 Å². The lowest BCUT2D eigenvalue weighted by Crippen LogP contribution is -2.45. The highest BCUT2D eigenvalue weighted by Crippen LogP contribution is 2.36. The average molecular weight is 276 g/mol. The molecule has 1 unspecified atom stereocenters. The lowest BCUT2D eigenvalue weighted by molar-refractivity contribution is 0.180. The first-order chi connectivity index (χ1) is 9.16. The van der Waals surface area contributed by atoms with Gasteiger partial charge in [-0.15, -0.1) is 0 Å². The van der Waals surface area contributed by atoms with Gasteiger partial charge in [0.25, 0.3) is 0 Å². The first-order valence-electron chi connectivity index (χ1n) is 7.32. The molecule has 0 aromatic heterocycles. The zero-order chi connectivity index (χ0) is 13.3. The van der Waals surface area contributed by atoms with Gasteiger partial charge in [-0.2, -0.15) is 11.8 Å². The molecule has 0 spiro atoms. The second kappa shape index (κ2) is 5.47. The van der Waals surface area contributed by atoms with Crippen LogP contribution in [-0.2, 0) is 6.54 Å². The number of hydrogen-bond acceptors (Lipinski definition) is 3. The molecule has 2 aliphatic rings. The summed E-state index contributed by atoms with van der Waals surface area (Å²) in [7, 11) is 0. The number of benzene rings is 1. The molecule has 104 valence electrons. The fraction of sp³-hybridized carbons (Fsp3) is 0.625. The molecule has 2 heterocycles. The lowest BCUT2D eigenvalue weighted by Gasteiger charge is -2.42. The topological polar surface area (TPSA) is 15.3 Å². The van der Waals surface area contributed by atoms with E-state index >= 15 is 0 Å². The first kappa shape index (κ1) is 13.5. The molecule has 1 N–H and O–H groups in total. The third-order valence-electron chi connectivity index (χ3n) is 4.22. The van der Waals surface area contributed by atoms with Gasteiger partial charge in [-0.1, -0.05) is 24.3 Å². The molecule has 0 amide bonds. The monoisotopic (exact) mass is 276 g/mol. The van der Waals surface area contributed by atoms with Crippen molar-refractivity contribution in [3.05, 3.63) is 35.4 Å². The summed E-state index contributed by atoms with van der Waals surface area (Å²) < 4.78 is 0.396. The van der Waals surface area contributed by atoms with Gasteiger partial charge in [0, 0.05) is 36.2 Å². The highest BCUT2D eigenvalue weighted by molar-refractivity contribution is 8.00. The van der Waals surface area contributed by atoms with Crippen LogP contribution in [0.1, 0.15) is 37.4 Å². The minimum absolute atomic E-state index is 0.396. The summed E-state index contributed by atoms with van der Waals surface area (Å²) in [6, 6.07) is 9.58. The Morgan fingerprint density at radius 1 is 1.32 bits per heavy atom. The van der Waals surface area contributed by atoms with Gasteiger partial charge in [-0.05, 0) is 37.9 Å². The van der Waals surface area contributed by atoms with Crippen LogP contribution in [0.2, 0.25) is 0 Å². The van der Waals surface area contributed by atoms with E-state index in [1.54, 1.807) is 5.56 Å². The summed E-state index contributed by atoms with van der Waals surface area (Å²) >= 11 is 2.12. The maximum atomic E-state index is 3.56. The first-order valence-corrected chi connectivity index (χ1v) is 8.31. The minimum atomic E-state index is 0.396. The van der Waals surface area contributed by atoms with Gasteiger partial charge in [-0.3, -0.25) is 4.90 Å². The molecule has 3 rings (SSSR count). The quantitative estimate of drug-likeness (QED) is 0.849. The molecule has 2 aliphatic heterocycles. The summed E-state index contributed by atoms with van der Waals surface area (Å²) in [6.45, 7) is 9.35. The maximum Gasteiger partial charge on any atom is 0.0364 e. The van der Waals surface area contributed by atoms with Crippen molar-refractivity contribution in [3.8, 4) is 0 Å². The Hall–Kier alpha value is -0.510. The van der Waals surface area contributed by atoms with E-state index in [2.05, 4.69) is 60.1 Å². The Morgan fingerprint density at radius 2 is 2.16 bits per heavy atom. The van der Waals surface area contributed by atoms with Crippen LogP contribution < -0.4 is 5.32 Å². The van der Waals surface area contributed by atoms with Gasteiger partial charge < -0.3 is 5.32 Å². The zero-order valence-corrected chi connectivity index (χ0v) is 12.8. The number of hydrogen-bond donors (Lipinski definition) is 1. The number of rotatable bonds is 1. The molecule has 1 fully saturated rings. The van der Waals surface area contributed by atoms with Gasteiger partial charge >= 0.3 is 0 Å². The molecule has 1 saturated heterocycles. The van der Waals surface area contributed by atoms with Crippen molar-refractivity contribution in [1.82, 2.24) is 10.2 Å². The van der Waals surface area contributed by atoms with Crippen molar-refractivity contribution in [2.24, 2.45) is 0 Å². The SMILES string of the molecule is CC1(C)CN(C2CCNCc3ccccc32)CCS1. The van der Waals surface area contributed by atoms with Crippen LogP contribution in [0.4, 0.5) is 0 Å². The maximum absolute atomic E-state index is 3.56. The van der Waals surface area contributed by atoms with E-state index in [1.165, 1.54) is 30.8 Å². The van der Waals surface area contributed by atoms with E-state index in [0.29, 0.717) is 10.8 Å². The number of nitrogens with one attached hydrogen (secondary N) is 1. The largest absolute Gasteiger partial charge is 0.313 e. The zero-order valence-electron chi connectivity index (χ0n) is 12.0. The molecule has 0 saturated carbocycles. The van der Waals surface area contributed by atoms with E-state index in [9.17, 15) is 0 Å². The Bertz CT molecular complexity index is 444. The van der Waals surface area contributed by atoms with Gasteiger partial charge in [-0.25, -0.2) is 0 Å². The normalized spacial score (nSPS) is 27.6. The summed E-state index contributed by atoms with van der Waals surface area (Å²) in [5, 5.41) is 3.56. The molecular weight excluding hydrogens is 252 g/mol.